The van der Waals surface area contributed by atoms with Crippen LogP contribution in [-0.4, -0.2) is 12.6 Å². The van der Waals surface area contributed by atoms with Crippen LogP contribution in [0.25, 0.3) is 0 Å². The lowest BCUT2D eigenvalue weighted by Gasteiger charge is -2.11. The lowest BCUT2D eigenvalue weighted by atomic mass is 9.94. The molecule has 2 heteroatoms. The van der Waals surface area contributed by atoms with E-state index in [-0.39, 0.29) is 0 Å². The minimum atomic E-state index is 0.389. The van der Waals surface area contributed by atoms with Crippen LogP contribution in [0.3, 0.4) is 0 Å². The van der Waals surface area contributed by atoms with Gasteiger partial charge in [0.25, 0.3) is 0 Å². The van der Waals surface area contributed by atoms with E-state index in [2.05, 4.69) is 59.7 Å². The van der Waals surface area contributed by atoms with Crippen LogP contribution in [0.2, 0.25) is 0 Å². The molecular weight excluding hydrogens is 292 g/mol. The fourth-order valence-electron chi connectivity index (χ4n) is 2.59. The van der Waals surface area contributed by atoms with E-state index in [9.17, 15) is 0 Å². The monoisotopic (exact) mass is 316 g/mol. The van der Waals surface area contributed by atoms with E-state index < -0.39 is 0 Å². The molecule has 0 amide bonds. The molecule has 0 aromatic heterocycles. The zero-order valence-electron chi connectivity index (χ0n) is 14.2. The molecule has 1 atom stereocenters. The molecule has 0 aliphatic heterocycles. The van der Waals surface area contributed by atoms with Gasteiger partial charge in [0.2, 0.25) is 0 Å². The van der Waals surface area contributed by atoms with E-state index in [0.29, 0.717) is 18.3 Å². The van der Waals surface area contributed by atoms with Crippen LogP contribution < -0.4 is 0 Å². The maximum atomic E-state index is 4.59. The highest BCUT2D eigenvalue weighted by atomic mass is 14.9. The van der Waals surface area contributed by atoms with Gasteiger partial charge >= 0.3 is 0 Å². The Bertz CT molecular complexity index is 709. The molecule has 2 aromatic rings. The summed E-state index contributed by atoms with van der Waals surface area (Å²) in [6.45, 7) is 10.1. The zero-order valence-corrected chi connectivity index (χ0v) is 14.2. The summed E-state index contributed by atoms with van der Waals surface area (Å²) in [6, 6.07) is 18.5. The number of hydrogen-bond acceptors (Lipinski definition) is 1. The summed E-state index contributed by atoms with van der Waals surface area (Å²) in [5.41, 5.74) is 3.45. The molecule has 0 heterocycles. The van der Waals surface area contributed by atoms with Crippen LogP contribution in [-0.2, 0) is 6.54 Å². The lowest BCUT2D eigenvalue weighted by molar-refractivity contribution is 0.861. The zero-order chi connectivity index (χ0) is 17.2. The van der Waals surface area contributed by atoms with Gasteiger partial charge in [-0.3, -0.25) is 4.99 Å². The van der Waals surface area contributed by atoms with E-state index in [1.165, 1.54) is 5.56 Å². The van der Waals surface area contributed by atoms with E-state index in [1.54, 1.807) is 0 Å². The fraction of sp³-hybridized carbons (Fsp3) is 0.182. The SMILES string of the molecule is C=CCC(/C=C\C)c1ccc(CN=C(N=C)c2ccccc2)cc1. The first kappa shape index (κ1) is 17.6. The summed E-state index contributed by atoms with van der Waals surface area (Å²) < 4.78 is 0. The summed E-state index contributed by atoms with van der Waals surface area (Å²) in [5, 5.41) is 0. The summed E-state index contributed by atoms with van der Waals surface area (Å²) in [4.78, 5) is 8.63. The van der Waals surface area contributed by atoms with Crippen molar-refractivity contribution in [2.45, 2.75) is 25.8 Å². The Balaban J connectivity index is 2.12. The molecule has 0 saturated carbocycles. The Morgan fingerprint density at radius 2 is 1.79 bits per heavy atom. The van der Waals surface area contributed by atoms with Crippen molar-refractivity contribution in [3.05, 3.63) is 96.1 Å². The summed E-state index contributed by atoms with van der Waals surface area (Å²) >= 11 is 0. The average Bonchev–Trinajstić information content (AvgIpc) is 2.63. The molecule has 0 N–H and O–H groups in total. The lowest BCUT2D eigenvalue weighted by Crippen LogP contribution is -1.98. The van der Waals surface area contributed by atoms with E-state index in [4.69, 9.17) is 0 Å². The van der Waals surface area contributed by atoms with Gasteiger partial charge in [-0.05, 0) is 31.2 Å². The van der Waals surface area contributed by atoms with Crippen LogP contribution in [0.1, 0.15) is 36.0 Å². The Morgan fingerprint density at radius 3 is 2.38 bits per heavy atom. The van der Waals surface area contributed by atoms with Gasteiger partial charge in [-0.1, -0.05) is 72.8 Å². The van der Waals surface area contributed by atoms with Gasteiger partial charge in [-0.15, -0.1) is 6.58 Å². The van der Waals surface area contributed by atoms with Crippen molar-refractivity contribution in [3.63, 3.8) is 0 Å². The van der Waals surface area contributed by atoms with Crippen LogP contribution >= 0.6 is 0 Å². The Morgan fingerprint density at radius 1 is 1.08 bits per heavy atom. The molecule has 2 nitrogen and oxygen atoms in total. The molecule has 0 aliphatic carbocycles. The Kier molecular flexibility index (Phi) is 6.91. The third kappa shape index (κ3) is 4.88. The smallest absolute Gasteiger partial charge is 0.154 e. The number of hydrogen-bond donors (Lipinski definition) is 0. The number of nitrogens with zero attached hydrogens (tertiary/aromatic N) is 2. The van der Waals surface area contributed by atoms with Crippen molar-refractivity contribution >= 4 is 12.6 Å². The van der Waals surface area contributed by atoms with Gasteiger partial charge in [0.1, 0.15) is 0 Å². The molecule has 0 radical (unpaired) electrons. The highest BCUT2D eigenvalue weighted by Crippen LogP contribution is 2.22. The van der Waals surface area contributed by atoms with Crippen LogP contribution in [0.15, 0.2) is 89.4 Å². The van der Waals surface area contributed by atoms with Gasteiger partial charge < -0.3 is 0 Å². The molecule has 0 aliphatic rings. The molecule has 2 aromatic carbocycles. The second-order valence-electron chi connectivity index (χ2n) is 5.56. The van der Waals surface area contributed by atoms with Crippen molar-refractivity contribution in [2.24, 2.45) is 9.98 Å². The molecular formula is C22H24N2. The van der Waals surface area contributed by atoms with Gasteiger partial charge in [-0.25, -0.2) is 4.99 Å². The summed E-state index contributed by atoms with van der Waals surface area (Å²) in [5.74, 6) is 1.07. The predicted octanol–water partition coefficient (Wildman–Crippen LogP) is 5.57. The van der Waals surface area contributed by atoms with E-state index in [0.717, 1.165) is 17.5 Å². The summed E-state index contributed by atoms with van der Waals surface area (Å²) in [6.07, 6.45) is 7.21. The van der Waals surface area contributed by atoms with Crippen LogP contribution in [0.5, 0.6) is 0 Å². The van der Waals surface area contributed by atoms with Gasteiger partial charge in [0.15, 0.2) is 5.84 Å². The Hall–Kier alpha value is -2.74. The minimum absolute atomic E-state index is 0.389. The van der Waals surface area contributed by atoms with Crippen LogP contribution in [0.4, 0.5) is 0 Å². The first-order valence-corrected chi connectivity index (χ1v) is 8.17. The normalized spacial score (nSPS) is 13.0. The van der Waals surface area contributed by atoms with Crippen molar-refractivity contribution < 1.29 is 0 Å². The van der Waals surface area contributed by atoms with Gasteiger partial charge in [0.05, 0.1) is 6.54 Å². The molecule has 0 bridgehead atoms. The molecule has 122 valence electrons. The number of allylic oxidation sites excluding steroid dienone is 3. The topological polar surface area (TPSA) is 24.7 Å². The number of amidine groups is 1. The van der Waals surface area contributed by atoms with Crippen molar-refractivity contribution in [3.8, 4) is 0 Å². The van der Waals surface area contributed by atoms with E-state index >= 15 is 0 Å². The molecule has 0 saturated heterocycles. The number of rotatable bonds is 7. The maximum Gasteiger partial charge on any atom is 0.154 e. The molecule has 0 spiro atoms. The standard InChI is InChI=1S/C22H24N2/c1-4-9-19(10-5-2)20-15-13-18(14-16-20)17-24-22(23-3)21-11-7-6-8-12-21/h4-8,10-16,19H,1,3,9,17H2,2H3/b10-5-,24-22?. The number of aliphatic imine (C=N–C) groups is 2. The highest BCUT2D eigenvalue weighted by Gasteiger charge is 2.06. The second-order valence-corrected chi connectivity index (χ2v) is 5.56. The minimum Gasteiger partial charge on any atom is -0.261 e. The molecule has 0 fully saturated rings. The first-order chi connectivity index (χ1) is 11.8. The molecule has 1 unspecified atom stereocenters. The largest absolute Gasteiger partial charge is 0.261 e. The quantitative estimate of drug-likeness (QED) is 0.362. The van der Waals surface area contributed by atoms with Crippen LogP contribution in [0, 0.1) is 0 Å². The highest BCUT2D eigenvalue weighted by molar-refractivity contribution is 6.01. The van der Waals surface area contributed by atoms with Crippen molar-refractivity contribution in [1.82, 2.24) is 0 Å². The fourth-order valence-corrected chi connectivity index (χ4v) is 2.59. The van der Waals surface area contributed by atoms with Crippen molar-refractivity contribution in [2.75, 3.05) is 0 Å². The number of benzene rings is 2. The van der Waals surface area contributed by atoms with Gasteiger partial charge in [-0.2, -0.15) is 0 Å². The maximum absolute atomic E-state index is 4.59. The average molecular weight is 316 g/mol. The van der Waals surface area contributed by atoms with E-state index in [1.807, 2.05) is 43.3 Å². The second kappa shape index (κ2) is 9.41. The Labute approximate surface area is 145 Å². The van der Waals surface area contributed by atoms with Crippen molar-refractivity contribution in [1.29, 1.82) is 0 Å². The first-order valence-electron chi connectivity index (χ1n) is 8.17. The molecule has 24 heavy (non-hydrogen) atoms. The van der Waals surface area contributed by atoms with Gasteiger partial charge in [0, 0.05) is 11.5 Å². The third-order valence-corrected chi connectivity index (χ3v) is 3.85. The predicted molar refractivity (Wildman–Crippen MR) is 105 cm³/mol. The third-order valence-electron chi connectivity index (χ3n) is 3.85. The summed E-state index contributed by atoms with van der Waals surface area (Å²) in [7, 11) is 0. The molecule has 2 rings (SSSR count).